The summed E-state index contributed by atoms with van der Waals surface area (Å²) in [5, 5.41) is 0.747. The van der Waals surface area contributed by atoms with Crippen LogP contribution in [0, 0.1) is 0 Å². The van der Waals surface area contributed by atoms with E-state index in [4.69, 9.17) is 11.6 Å². The topological polar surface area (TPSA) is 12.4 Å². The second-order valence-electron chi connectivity index (χ2n) is 3.25. The molecule has 1 nitrogen and oxygen atoms in total. The Labute approximate surface area is 96.6 Å². The minimum Gasteiger partial charge on any atom is -0.285 e. The molecule has 0 aromatic heterocycles. The summed E-state index contributed by atoms with van der Waals surface area (Å²) in [7, 11) is 0. The van der Waals surface area contributed by atoms with Gasteiger partial charge in [0.2, 0.25) is 0 Å². The maximum atomic E-state index is 5.87. The van der Waals surface area contributed by atoms with E-state index < -0.39 is 0 Å². The highest BCUT2D eigenvalue weighted by atomic mass is 79.9. The lowest BCUT2D eigenvalue weighted by molar-refractivity contribution is 1.28. The molecule has 2 rings (SSSR count). The minimum atomic E-state index is 0.747. The van der Waals surface area contributed by atoms with Gasteiger partial charge in [-0.3, -0.25) is 4.99 Å². The van der Waals surface area contributed by atoms with Crippen molar-refractivity contribution in [2.24, 2.45) is 4.99 Å². The van der Waals surface area contributed by atoms with Gasteiger partial charge in [0.1, 0.15) is 0 Å². The fraction of sp³-hybridized carbons (Fsp3) is 0.182. The normalized spacial score (nSPS) is 15.4. The van der Waals surface area contributed by atoms with Crippen LogP contribution < -0.4 is 0 Å². The van der Waals surface area contributed by atoms with Crippen molar-refractivity contribution in [3.63, 3.8) is 0 Å². The molecular weight excluding hydrogens is 261 g/mol. The molecule has 0 unspecified atom stereocenters. The average molecular weight is 271 g/mol. The van der Waals surface area contributed by atoms with Crippen LogP contribution in [-0.2, 0) is 0 Å². The van der Waals surface area contributed by atoms with E-state index in [9.17, 15) is 0 Å². The van der Waals surface area contributed by atoms with Crippen LogP contribution in [0.3, 0.4) is 0 Å². The number of rotatable bonds is 1. The number of allylic oxidation sites excluding steroid dienone is 1. The summed E-state index contributed by atoms with van der Waals surface area (Å²) in [6, 6.07) is 5.83. The van der Waals surface area contributed by atoms with Gasteiger partial charge in [-0.25, -0.2) is 0 Å². The van der Waals surface area contributed by atoms with Gasteiger partial charge >= 0.3 is 0 Å². The largest absolute Gasteiger partial charge is 0.285 e. The molecule has 0 fully saturated rings. The zero-order valence-electron chi connectivity index (χ0n) is 7.72. The molecule has 1 aromatic carbocycles. The fourth-order valence-corrected chi connectivity index (χ4v) is 2.40. The van der Waals surface area contributed by atoms with Crippen molar-refractivity contribution in [1.29, 1.82) is 0 Å². The van der Waals surface area contributed by atoms with Crippen LogP contribution in [0.25, 0.3) is 5.57 Å². The highest BCUT2D eigenvalue weighted by Gasteiger charge is 2.10. The van der Waals surface area contributed by atoms with Gasteiger partial charge in [0.25, 0.3) is 0 Å². The van der Waals surface area contributed by atoms with Crippen molar-refractivity contribution >= 4 is 38.8 Å². The lowest BCUT2D eigenvalue weighted by atomic mass is 10.1. The first kappa shape index (κ1) is 9.94. The molecule has 1 aromatic rings. The Balaban J connectivity index is 2.39. The van der Waals surface area contributed by atoms with Crippen LogP contribution in [0.2, 0.25) is 5.02 Å². The Kier molecular flexibility index (Phi) is 2.75. The van der Waals surface area contributed by atoms with Gasteiger partial charge in [0.15, 0.2) is 0 Å². The minimum absolute atomic E-state index is 0.747. The Morgan fingerprint density at radius 1 is 1.43 bits per heavy atom. The predicted octanol–water partition coefficient (Wildman–Crippen LogP) is 3.96. The molecule has 1 heterocycles. The lowest BCUT2D eigenvalue weighted by Gasteiger charge is -2.04. The van der Waals surface area contributed by atoms with E-state index in [1.807, 2.05) is 25.1 Å². The van der Waals surface area contributed by atoms with E-state index in [2.05, 4.69) is 27.0 Å². The molecule has 0 radical (unpaired) electrons. The zero-order valence-corrected chi connectivity index (χ0v) is 10.1. The molecule has 0 spiro atoms. The predicted molar refractivity (Wildman–Crippen MR) is 65.1 cm³/mol. The summed E-state index contributed by atoms with van der Waals surface area (Å²) in [4.78, 5) is 4.33. The highest BCUT2D eigenvalue weighted by Crippen LogP contribution is 2.29. The van der Waals surface area contributed by atoms with Crippen molar-refractivity contribution in [2.75, 3.05) is 6.54 Å². The molecule has 0 saturated carbocycles. The van der Waals surface area contributed by atoms with Crippen molar-refractivity contribution in [3.8, 4) is 0 Å². The highest BCUT2D eigenvalue weighted by molar-refractivity contribution is 9.10. The number of hydrogen-bond acceptors (Lipinski definition) is 1. The van der Waals surface area contributed by atoms with Crippen LogP contribution in [0.15, 0.2) is 33.7 Å². The fourth-order valence-electron chi connectivity index (χ4n) is 1.47. The molecule has 1 aliphatic heterocycles. The smallest absolute Gasteiger partial charge is 0.0649 e. The molecule has 1 aliphatic rings. The Hall–Kier alpha value is -0.600. The van der Waals surface area contributed by atoms with Crippen LogP contribution in [-0.4, -0.2) is 12.3 Å². The molecule has 0 aliphatic carbocycles. The molecule has 14 heavy (non-hydrogen) atoms. The van der Waals surface area contributed by atoms with Gasteiger partial charge < -0.3 is 0 Å². The van der Waals surface area contributed by atoms with Gasteiger partial charge in [-0.1, -0.05) is 33.6 Å². The van der Waals surface area contributed by atoms with E-state index in [0.717, 1.165) is 21.8 Å². The quantitative estimate of drug-likeness (QED) is 0.732. The second-order valence-corrected chi connectivity index (χ2v) is 4.54. The van der Waals surface area contributed by atoms with Gasteiger partial charge in [-0.15, -0.1) is 0 Å². The third kappa shape index (κ3) is 1.91. The van der Waals surface area contributed by atoms with Crippen molar-refractivity contribution in [2.45, 2.75) is 6.92 Å². The second kappa shape index (κ2) is 3.87. The molecule has 0 bridgehead atoms. The van der Waals surface area contributed by atoms with E-state index in [-0.39, 0.29) is 0 Å². The van der Waals surface area contributed by atoms with E-state index in [0.29, 0.717) is 0 Å². The number of hydrogen-bond donors (Lipinski definition) is 0. The molecule has 3 heteroatoms. The van der Waals surface area contributed by atoms with Gasteiger partial charge in [-0.2, -0.15) is 0 Å². The van der Waals surface area contributed by atoms with Crippen molar-refractivity contribution in [1.82, 2.24) is 0 Å². The maximum absolute atomic E-state index is 5.87. The third-order valence-electron chi connectivity index (χ3n) is 2.16. The summed E-state index contributed by atoms with van der Waals surface area (Å²) in [5.74, 6) is 0. The first-order chi connectivity index (χ1) is 6.66. The van der Waals surface area contributed by atoms with Crippen LogP contribution in [0.4, 0.5) is 0 Å². The van der Waals surface area contributed by atoms with Gasteiger partial charge in [-0.05, 0) is 36.3 Å². The Morgan fingerprint density at radius 3 is 2.79 bits per heavy atom. The van der Waals surface area contributed by atoms with Crippen LogP contribution in [0.5, 0.6) is 0 Å². The molecule has 0 atom stereocenters. The SMILES string of the molecule is CC1=NCC(c2ccc(Cl)cc2Br)=C1. The monoisotopic (exact) mass is 269 g/mol. The first-order valence-electron chi connectivity index (χ1n) is 4.34. The summed E-state index contributed by atoms with van der Waals surface area (Å²) < 4.78 is 1.03. The van der Waals surface area contributed by atoms with Crippen molar-refractivity contribution in [3.05, 3.63) is 39.3 Å². The van der Waals surface area contributed by atoms with Crippen molar-refractivity contribution < 1.29 is 0 Å². The molecular formula is C11H9BrClN. The molecule has 72 valence electrons. The molecule has 0 amide bonds. The first-order valence-corrected chi connectivity index (χ1v) is 5.51. The van der Waals surface area contributed by atoms with Gasteiger partial charge in [0.05, 0.1) is 6.54 Å². The summed E-state index contributed by atoms with van der Waals surface area (Å²) >= 11 is 9.38. The number of halogens is 2. The molecule has 0 saturated heterocycles. The standard InChI is InChI=1S/C11H9BrClN/c1-7-4-8(6-14-7)10-3-2-9(13)5-11(10)12/h2-5H,6H2,1H3. The summed E-state index contributed by atoms with van der Waals surface area (Å²) in [6.45, 7) is 2.78. The number of nitrogens with zero attached hydrogens (tertiary/aromatic N) is 1. The zero-order chi connectivity index (χ0) is 10.1. The summed E-state index contributed by atoms with van der Waals surface area (Å²) in [5.41, 5.74) is 3.50. The Morgan fingerprint density at radius 2 is 2.21 bits per heavy atom. The average Bonchev–Trinajstić information content (AvgIpc) is 2.51. The molecule has 0 N–H and O–H groups in total. The Bertz CT molecular complexity index is 435. The van der Waals surface area contributed by atoms with E-state index >= 15 is 0 Å². The number of benzene rings is 1. The summed E-state index contributed by atoms with van der Waals surface area (Å²) in [6.07, 6.45) is 2.11. The van der Waals surface area contributed by atoms with Gasteiger partial charge in [0, 0.05) is 15.2 Å². The van der Waals surface area contributed by atoms with Crippen LogP contribution in [0.1, 0.15) is 12.5 Å². The number of aliphatic imine (C=N–C) groups is 1. The van der Waals surface area contributed by atoms with E-state index in [1.54, 1.807) is 0 Å². The third-order valence-corrected chi connectivity index (χ3v) is 3.05. The van der Waals surface area contributed by atoms with Crippen LogP contribution >= 0.6 is 27.5 Å². The lowest BCUT2D eigenvalue weighted by Crippen LogP contribution is -1.86. The van der Waals surface area contributed by atoms with E-state index in [1.165, 1.54) is 11.1 Å². The maximum Gasteiger partial charge on any atom is 0.0649 e.